The van der Waals surface area contributed by atoms with Gasteiger partial charge in [-0.3, -0.25) is 9.69 Å². The van der Waals surface area contributed by atoms with Gasteiger partial charge in [0.05, 0.1) is 0 Å². The van der Waals surface area contributed by atoms with Crippen molar-refractivity contribution >= 4 is 11.9 Å². The Morgan fingerprint density at radius 2 is 1.83 bits per heavy atom. The highest BCUT2D eigenvalue weighted by Crippen LogP contribution is 2.03. The van der Waals surface area contributed by atoms with E-state index in [-0.39, 0.29) is 17.1 Å². The van der Waals surface area contributed by atoms with E-state index in [2.05, 4.69) is 15.5 Å². The average Bonchev–Trinajstić information content (AvgIpc) is 2.38. The van der Waals surface area contributed by atoms with E-state index in [9.17, 15) is 9.59 Å². The van der Waals surface area contributed by atoms with Crippen LogP contribution in [0.1, 0.15) is 13.8 Å². The topological polar surface area (TPSA) is 81.7 Å². The minimum Gasteiger partial charge on any atom is -0.478 e. The maximum Gasteiger partial charge on any atom is 0.331 e. The fourth-order valence-electron chi connectivity index (χ4n) is 1.73. The Labute approximate surface area is 107 Å². The molecule has 3 N–H and O–H groups in total. The van der Waals surface area contributed by atoms with E-state index in [1.54, 1.807) is 0 Å². The fraction of sp³-hybridized carbons (Fsp3) is 0.667. The summed E-state index contributed by atoms with van der Waals surface area (Å²) in [6, 6.07) is 0. The first-order valence-corrected chi connectivity index (χ1v) is 6.14. The Kier molecular flexibility index (Phi) is 5.80. The summed E-state index contributed by atoms with van der Waals surface area (Å²) in [7, 11) is 0. The number of carboxylic acids is 1. The molecule has 0 radical (unpaired) electrons. The molecule has 0 spiro atoms. The predicted molar refractivity (Wildman–Crippen MR) is 68.3 cm³/mol. The van der Waals surface area contributed by atoms with Crippen LogP contribution in [0.3, 0.4) is 0 Å². The summed E-state index contributed by atoms with van der Waals surface area (Å²) in [6.45, 7) is 8.24. The summed E-state index contributed by atoms with van der Waals surface area (Å²) < 4.78 is 0. The van der Waals surface area contributed by atoms with E-state index in [4.69, 9.17) is 5.11 Å². The van der Waals surface area contributed by atoms with Gasteiger partial charge in [-0.05, 0) is 13.8 Å². The van der Waals surface area contributed by atoms with Gasteiger partial charge in [0.15, 0.2) is 0 Å². The lowest BCUT2D eigenvalue weighted by Crippen LogP contribution is -2.46. The molecular formula is C12H21N3O3. The minimum atomic E-state index is -1.05. The molecule has 6 nitrogen and oxygen atoms in total. The molecule has 0 saturated carbocycles. The van der Waals surface area contributed by atoms with Gasteiger partial charge in [-0.1, -0.05) is 0 Å². The lowest BCUT2D eigenvalue weighted by Gasteiger charge is -2.27. The molecule has 1 rings (SSSR count). The average molecular weight is 255 g/mol. The van der Waals surface area contributed by atoms with Crippen molar-refractivity contribution in [1.82, 2.24) is 15.5 Å². The highest BCUT2D eigenvalue weighted by atomic mass is 16.4. The Balaban J connectivity index is 2.32. The second-order valence-electron chi connectivity index (χ2n) is 4.40. The van der Waals surface area contributed by atoms with Crippen molar-refractivity contribution < 1.29 is 14.7 Å². The molecule has 1 aliphatic heterocycles. The van der Waals surface area contributed by atoms with Gasteiger partial charge in [0, 0.05) is 50.4 Å². The standard InChI is InChI=1S/C12H21N3O3/c1-9(10(2)12(17)18)11(16)14-5-8-15-6-3-13-4-7-15/h13H,3-8H2,1-2H3,(H,14,16)(H,17,18). The van der Waals surface area contributed by atoms with Crippen LogP contribution in [0.15, 0.2) is 11.1 Å². The molecule has 0 aromatic rings. The molecule has 1 aliphatic rings. The van der Waals surface area contributed by atoms with Gasteiger partial charge in [-0.15, -0.1) is 0 Å². The number of carboxylic acid groups (broad SMARTS) is 1. The van der Waals surface area contributed by atoms with Gasteiger partial charge < -0.3 is 15.7 Å². The SMILES string of the molecule is CC(C(=O)O)=C(C)C(=O)NCCN1CCNCC1. The first-order valence-electron chi connectivity index (χ1n) is 6.14. The molecule has 0 aromatic carbocycles. The minimum absolute atomic E-state index is 0.0923. The Bertz CT molecular complexity index is 346. The number of carbonyl (C=O) groups is 2. The van der Waals surface area contributed by atoms with Gasteiger partial charge in [0.25, 0.3) is 0 Å². The number of hydrogen-bond donors (Lipinski definition) is 3. The molecule has 0 bridgehead atoms. The molecule has 0 unspecified atom stereocenters. The van der Waals surface area contributed by atoms with Crippen molar-refractivity contribution in [2.24, 2.45) is 0 Å². The van der Waals surface area contributed by atoms with Crippen molar-refractivity contribution in [3.8, 4) is 0 Å². The zero-order valence-electron chi connectivity index (χ0n) is 11.0. The van der Waals surface area contributed by atoms with Gasteiger partial charge in [0.2, 0.25) is 5.91 Å². The third-order valence-corrected chi connectivity index (χ3v) is 3.15. The highest BCUT2D eigenvalue weighted by Gasteiger charge is 2.13. The number of nitrogens with one attached hydrogen (secondary N) is 2. The molecular weight excluding hydrogens is 234 g/mol. The first kappa shape index (κ1) is 14.7. The number of rotatable bonds is 5. The molecule has 1 fully saturated rings. The predicted octanol–water partition coefficient (Wildman–Crippen LogP) is -0.571. The summed E-state index contributed by atoms with van der Waals surface area (Å²) in [5.41, 5.74) is 0.359. The maximum atomic E-state index is 11.7. The van der Waals surface area contributed by atoms with Crippen LogP contribution in [-0.4, -0.2) is 61.2 Å². The van der Waals surface area contributed by atoms with Crippen LogP contribution in [-0.2, 0) is 9.59 Å². The molecule has 0 aromatic heterocycles. The molecule has 1 amide bonds. The Morgan fingerprint density at radius 1 is 1.22 bits per heavy atom. The van der Waals surface area contributed by atoms with Crippen LogP contribution in [0.25, 0.3) is 0 Å². The van der Waals surface area contributed by atoms with Crippen molar-refractivity contribution in [2.45, 2.75) is 13.8 Å². The number of piperazine rings is 1. The fourth-order valence-corrected chi connectivity index (χ4v) is 1.73. The van der Waals surface area contributed by atoms with Crippen LogP contribution >= 0.6 is 0 Å². The van der Waals surface area contributed by atoms with Gasteiger partial charge in [-0.25, -0.2) is 4.79 Å². The van der Waals surface area contributed by atoms with E-state index in [0.717, 1.165) is 32.7 Å². The third-order valence-electron chi connectivity index (χ3n) is 3.15. The van der Waals surface area contributed by atoms with Crippen molar-refractivity contribution in [2.75, 3.05) is 39.3 Å². The quantitative estimate of drug-likeness (QED) is 0.573. The molecule has 1 heterocycles. The van der Waals surface area contributed by atoms with Crippen LogP contribution in [0.2, 0.25) is 0 Å². The van der Waals surface area contributed by atoms with Gasteiger partial charge in [0.1, 0.15) is 0 Å². The monoisotopic (exact) mass is 255 g/mol. The van der Waals surface area contributed by atoms with Gasteiger partial charge in [-0.2, -0.15) is 0 Å². The molecule has 18 heavy (non-hydrogen) atoms. The number of nitrogens with zero attached hydrogens (tertiary/aromatic N) is 1. The van der Waals surface area contributed by atoms with Crippen LogP contribution < -0.4 is 10.6 Å². The third kappa shape index (κ3) is 4.46. The zero-order valence-corrected chi connectivity index (χ0v) is 11.0. The van der Waals surface area contributed by atoms with E-state index >= 15 is 0 Å². The lowest BCUT2D eigenvalue weighted by molar-refractivity contribution is -0.133. The second kappa shape index (κ2) is 7.13. The second-order valence-corrected chi connectivity index (χ2v) is 4.40. The zero-order chi connectivity index (χ0) is 13.5. The van der Waals surface area contributed by atoms with E-state index in [1.165, 1.54) is 13.8 Å². The van der Waals surface area contributed by atoms with E-state index in [1.807, 2.05) is 0 Å². The summed E-state index contributed by atoms with van der Waals surface area (Å²) in [4.78, 5) is 24.6. The van der Waals surface area contributed by atoms with E-state index in [0.29, 0.717) is 6.54 Å². The molecule has 0 aliphatic carbocycles. The molecule has 0 atom stereocenters. The van der Waals surface area contributed by atoms with Gasteiger partial charge >= 0.3 is 5.97 Å². The van der Waals surface area contributed by atoms with Crippen LogP contribution in [0.4, 0.5) is 0 Å². The van der Waals surface area contributed by atoms with Crippen LogP contribution in [0.5, 0.6) is 0 Å². The van der Waals surface area contributed by atoms with Crippen LogP contribution in [0, 0.1) is 0 Å². The summed E-state index contributed by atoms with van der Waals surface area (Å²) in [6.07, 6.45) is 0. The maximum absolute atomic E-state index is 11.7. The lowest BCUT2D eigenvalue weighted by atomic mass is 10.1. The number of carbonyl (C=O) groups excluding carboxylic acids is 1. The highest BCUT2D eigenvalue weighted by molar-refractivity contribution is 6.01. The number of aliphatic carboxylic acids is 1. The van der Waals surface area contributed by atoms with Crippen molar-refractivity contribution in [3.63, 3.8) is 0 Å². The Hall–Kier alpha value is -1.40. The smallest absolute Gasteiger partial charge is 0.331 e. The van der Waals surface area contributed by atoms with Crippen molar-refractivity contribution in [3.05, 3.63) is 11.1 Å². The number of amides is 1. The summed E-state index contributed by atoms with van der Waals surface area (Å²) in [5, 5.41) is 14.8. The van der Waals surface area contributed by atoms with E-state index < -0.39 is 5.97 Å². The molecule has 1 saturated heterocycles. The normalized spacial score (nSPS) is 18.1. The molecule has 102 valence electrons. The first-order chi connectivity index (χ1) is 8.52. The number of hydrogen-bond acceptors (Lipinski definition) is 4. The Morgan fingerprint density at radius 3 is 2.39 bits per heavy atom. The summed E-state index contributed by atoms with van der Waals surface area (Å²) >= 11 is 0. The largest absolute Gasteiger partial charge is 0.478 e. The summed E-state index contributed by atoms with van der Waals surface area (Å²) in [5.74, 6) is -1.35. The van der Waals surface area contributed by atoms with Crippen molar-refractivity contribution in [1.29, 1.82) is 0 Å². The molecule has 6 heteroatoms.